The second kappa shape index (κ2) is 23.9. The zero-order chi connectivity index (χ0) is 36.9. The van der Waals surface area contributed by atoms with Gasteiger partial charge in [0.15, 0.2) is 0 Å². The van der Waals surface area contributed by atoms with Crippen molar-refractivity contribution in [3.8, 4) is 0 Å². The van der Waals surface area contributed by atoms with Crippen LogP contribution in [-0.2, 0) is 0 Å². The van der Waals surface area contributed by atoms with Crippen molar-refractivity contribution in [1.82, 2.24) is 0 Å². The summed E-state index contributed by atoms with van der Waals surface area (Å²) in [7, 11) is 0. The summed E-state index contributed by atoms with van der Waals surface area (Å²) in [5.41, 5.74) is 1.60. The highest BCUT2D eigenvalue weighted by molar-refractivity contribution is 4.66. The van der Waals surface area contributed by atoms with Crippen LogP contribution >= 0.6 is 0 Å². The summed E-state index contributed by atoms with van der Waals surface area (Å²) in [5.74, 6) is -1.64. The van der Waals surface area contributed by atoms with Crippen molar-refractivity contribution >= 4 is 0 Å². The monoisotopic (exact) mass is 647 g/mol. The van der Waals surface area contributed by atoms with E-state index in [2.05, 4.69) is 111 Å². The predicted octanol–water partition coefficient (Wildman–Crippen LogP) is 16.4. The zero-order valence-corrected chi connectivity index (χ0v) is 33.7. The first kappa shape index (κ1) is 53.2. The number of hydrogen-bond donors (Lipinski definition) is 0. The molecule has 0 rings (SSSR count). The molecule has 0 saturated heterocycles. The molecular weight excluding hydrogens is 563 g/mol. The van der Waals surface area contributed by atoms with Gasteiger partial charge in [0.25, 0.3) is 0 Å². The second-order valence-electron chi connectivity index (χ2n) is 19.3. The van der Waals surface area contributed by atoms with E-state index in [-0.39, 0.29) is 23.7 Å². The lowest BCUT2D eigenvalue weighted by Crippen LogP contribution is -2.13. The molecule has 0 aromatic heterocycles. The lowest BCUT2D eigenvalue weighted by Gasteiger charge is -2.19. The summed E-state index contributed by atoms with van der Waals surface area (Å²) in [6, 6.07) is 0. The van der Waals surface area contributed by atoms with Crippen LogP contribution in [0.25, 0.3) is 0 Å². The fourth-order valence-corrected chi connectivity index (χ4v) is 4.13. The molecule has 0 N–H and O–H groups in total. The minimum atomic E-state index is -3.99. The maximum atomic E-state index is 12.3. The summed E-state index contributed by atoms with van der Waals surface area (Å²) in [4.78, 5) is 0. The first-order chi connectivity index (χ1) is 19.0. The maximum Gasteiger partial charge on any atom is 0.389 e. The summed E-state index contributed by atoms with van der Waals surface area (Å²) in [5, 5.41) is 0. The molecule has 0 amide bonds. The van der Waals surface area contributed by atoms with Gasteiger partial charge in [-0.25, -0.2) is 8.78 Å². The normalized spacial score (nSPS) is 13.0. The Bertz CT molecular complexity index is 576. The van der Waals surface area contributed by atoms with Crippen molar-refractivity contribution in [3.05, 3.63) is 0 Å². The van der Waals surface area contributed by atoms with Gasteiger partial charge in [-0.05, 0) is 78.4 Å². The highest BCUT2D eigenvalue weighted by atomic mass is 19.4. The molecule has 0 fully saturated rings. The molecule has 0 aliphatic carbocycles. The number of hydrogen-bond acceptors (Lipinski definition) is 0. The van der Waals surface area contributed by atoms with Gasteiger partial charge in [-0.3, -0.25) is 0 Å². The first-order valence-electron chi connectivity index (χ1n) is 17.4. The largest absolute Gasteiger partial charge is 0.389 e. The molecule has 0 nitrogen and oxygen atoms in total. The van der Waals surface area contributed by atoms with E-state index >= 15 is 0 Å². The van der Waals surface area contributed by atoms with Crippen molar-refractivity contribution < 1.29 is 22.0 Å². The van der Waals surface area contributed by atoms with Crippen molar-refractivity contribution in [2.24, 2.45) is 33.0 Å². The van der Waals surface area contributed by atoms with Crippen molar-refractivity contribution in [3.63, 3.8) is 0 Å². The SMILES string of the molecule is CC(C)(C)CCC(F)(F)F.CC(C)(C)CCCC(C)(F)F.CC(C)CC(C)(C)C.CCCC(C)(C)C.CCCCC(C)(C)C. The Balaban J connectivity index is -0.000000145. The highest BCUT2D eigenvalue weighted by Gasteiger charge is 2.29. The van der Waals surface area contributed by atoms with Crippen LogP contribution in [0.4, 0.5) is 22.0 Å². The Morgan fingerprint density at radius 1 is 0.386 bits per heavy atom. The van der Waals surface area contributed by atoms with Crippen molar-refractivity contribution in [2.75, 3.05) is 0 Å². The van der Waals surface area contributed by atoms with E-state index in [9.17, 15) is 22.0 Å². The molecule has 0 heterocycles. The van der Waals surface area contributed by atoms with Gasteiger partial charge < -0.3 is 0 Å². The Hall–Kier alpha value is -0.350. The number of unbranched alkanes of at least 4 members (excludes halogenated alkanes) is 1. The van der Waals surface area contributed by atoms with Gasteiger partial charge in [0, 0.05) is 12.8 Å². The molecule has 0 aliphatic heterocycles. The summed E-state index contributed by atoms with van der Waals surface area (Å²) in [6.45, 7) is 42.2. The Morgan fingerprint density at radius 3 is 0.841 bits per heavy atom. The fraction of sp³-hybridized carbons (Fsp3) is 1.00. The third-order valence-corrected chi connectivity index (χ3v) is 6.00. The number of alkyl halides is 5. The predicted molar refractivity (Wildman–Crippen MR) is 191 cm³/mol. The van der Waals surface area contributed by atoms with Gasteiger partial charge in [-0.1, -0.05) is 151 Å². The fourth-order valence-electron chi connectivity index (χ4n) is 4.13. The quantitative estimate of drug-likeness (QED) is 0.230. The molecule has 0 bridgehead atoms. The number of halogens is 5. The smallest absolute Gasteiger partial charge is 0.207 e. The summed E-state index contributed by atoms with van der Waals surface area (Å²) >= 11 is 0. The Kier molecular flexibility index (Phi) is 28.9. The zero-order valence-electron chi connectivity index (χ0n) is 33.7. The van der Waals surface area contributed by atoms with Crippen LogP contribution in [0.1, 0.15) is 209 Å². The van der Waals surface area contributed by atoms with Crippen LogP contribution in [0.5, 0.6) is 0 Å². The Morgan fingerprint density at radius 2 is 0.727 bits per heavy atom. The van der Waals surface area contributed by atoms with E-state index in [0.717, 1.165) is 19.3 Å². The second-order valence-corrected chi connectivity index (χ2v) is 19.3. The average molecular weight is 647 g/mol. The first-order valence-corrected chi connectivity index (χ1v) is 17.4. The maximum absolute atomic E-state index is 12.3. The molecule has 5 heteroatoms. The van der Waals surface area contributed by atoms with E-state index < -0.39 is 18.5 Å². The summed E-state index contributed by atoms with van der Waals surface area (Å²) in [6.07, 6.45) is 5.10. The third-order valence-electron chi connectivity index (χ3n) is 6.00. The molecule has 0 unspecified atom stereocenters. The van der Waals surface area contributed by atoms with Gasteiger partial charge in [0.05, 0.1) is 0 Å². The lowest BCUT2D eigenvalue weighted by molar-refractivity contribution is -0.139. The molecule has 44 heavy (non-hydrogen) atoms. The standard InChI is InChI=1S/C9H18F2.2C8H18.C7H13F3.C7H16/c1-8(2,3)6-5-7-9(4,10)11;1-7(2)6-8(3,4)5;1-5-6-7-8(2,3)4;1-6(2,3)4-5-7(8,9)10;1-5-6-7(2,3)4/h5-7H2,1-4H3;7H,6H2,1-5H3;5-7H2,1-4H3;4-5H2,1-3H3;5-6H2,1-4H3. The van der Waals surface area contributed by atoms with E-state index in [1.54, 1.807) is 20.8 Å². The van der Waals surface area contributed by atoms with Crippen LogP contribution in [0, 0.1) is 33.0 Å². The average Bonchev–Trinajstić information content (AvgIpc) is 2.66. The van der Waals surface area contributed by atoms with E-state index in [1.165, 1.54) is 38.5 Å². The van der Waals surface area contributed by atoms with E-state index in [1.807, 2.05) is 0 Å². The molecular formula is C39H83F5. The highest BCUT2D eigenvalue weighted by Crippen LogP contribution is 2.30. The molecule has 0 aromatic rings. The van der Waals surface area contributed by atoms with E-state index in [4.69, 9.17) is 0 Å². The molecule has 274 valence electrons. The molecule has 0 radical (unpaired) electrons. The van der Waals surface area contributed by atoms with Crippen LogP contribution in [0.3, 0.4) is 0 Å². The molecule has 0 spiro atoms. The van der Waals surface area contributed by atoms with Gasteiger partial charge in [0.2, 0.25) is 5.92 Å². The van der Waals surface area contributed by atoms with Gasteiger partial charge in [0.1, 0.15) is 0 Å². The van der Waals surface area contributed by atoms with Crippen LogP contribution < -0.4 is 0 Å². The van der Waals surface area contributed by atoms with Crippen molar-refractivity contribution in [2.45, 2.75) is 221 Å². The summed E-state index contributed by atoms with van der Waals surface area (Å²) < 4.78 is 59.4. The Labute approximate surface area is 275 Å². The topological polar surface area (TPSA) is 0 Å². The van der Waals surface area contributed by atoms with Gasteiger partial charge in [-0.2, -0.15) is 13.2 Å². The molecule has 0 aromatic carbocycles. The minimum Gasteiger partial charge on any atom is -0.207 e. The van der Waals surface area contributed by atoms with Crippen molar-refractivity contribution in [1.29, 1.82) is 0 Å². The minimum absolute atomic E-state index is 0.0181. The van der Waals surface area contributed by atoms with Crippen LogP contribution in [0.2, 0.25) is 0 Å². The van der Waals surface area contributed by atoms with Gasteiger partial charge in [-0.15, -0.1) is 0 Å². The van der Waals surface area contributed by atoms with E-state index in [0.29, 0.717) is 22.7 Å². The third kappa shape index (κ3) is 83.8. The van der Waals surface area contributed by atoms with Crippen LogP contribution in [0.15, 0.2) is 0 Å². The molecule has 0 aliphatic rings. The number of rotatable bonds is 8. The van der Waals surface area contributed by atoms with Gasteiger partial charge >= 0.3 is 6.18 Å². The molecule has 0 atom stereocenters. The lowest BCUT2D eigenvalue weighted by atomic mass is 9.86. The van der Waals surface area contributed by atoms with Crippen LogP contribution in [-0.4, -0.2) is 12.1 Å². The molecule has 0 saturated carbocycles.